The fraction of sp³-hybridized carbons (Fsp3) is 1.00. The van der Waals surface area contributed by atoms with Crippen molar-refractivity contribution in [3.63, 3.8) is 0 Å². The van der Waals surface area contributed by atoms with Crippen molar-refractivity contribution in [2.45, 2.75) is 0 Å². The lowest BCUT2D eigenvalue weighted by Gasteiger charge is -2.22. The van der Waals surface area contributed by atoms with Gasteiger partial charge in [-0.05, 0) is 18.0 Å². The quantitative estimate of drug-likeness (QED) is 0.326. The maximum Gasteiger partial charge on any atom is 0.0561 e. The van der Waals surface area contributed by atoms with Crippen LogP contribution in [-0.2, 0) is 4.74 Å². The second kappa shape index (κ2) is 8.52. The number of nitrogens with zero attached hydrogens (tertiary/aromatic N) is 3. The highest BCUT2D eigenvalue weighted by Gasteiger charge is 2.04. The van der Waals surface area contributed by atoms with Crippen LogP contribution >= 0.6 is 23.8 Å². The van der Waals surface area contributed by atoms with Gasteiger partial charge in [0, 0.05) is 17.2 Å². The first-order valence-corrected chi connectivity index (χ1v) is 6.16. The van der Waals surface area contributed by atoms with E-state index >= 15 is 0 Å². The molecule has 0 saturated carbocycles. The summed E-state index contributed by atoms with van der Waals surface area (Å²) in [5.74, 6) is 0.670. The molecule has 0 rings (SSSR count). The van der Waals surface area contributed by atoms with E-state index in [0.29, 0.717) is 25.5 Å². The van der Waals surface area contributed by atoms with Crippen LogP contribution < -0.4 is 0 Å². The molecule has 0 fully saturated rings. The molecule has 0 aliphatic rings. The van der Waals surface area contributed by atoms with E-state index < -0.39 is 10.3 Å². The summed E-state index contributed by atoms with van der Waals surface area (Å²) in [7, 11) is -1.45. The van der Waals surface area contributed by atoms with E-state index in [1.54, 1.807) is 0 Å². The highest BCUT2D eigenvalue weighted by atomic mass is 32.3. The fourth-order valence-corrected chi connectivity index (χ4v) is 1.04. The Hall–Kier alpha value is -0.0700. The molecule has 1 N–H and O–H groups in total. The molecule has 7 heteroatoms. The zero-order valence-corrected chi connectivity index (χ0v) is 9.75. The summed E-state index contributed by atoms with van der Waals surface area (Å²) in [5, 5.41) is 3.31. The highest BCUT2D eigenvalue weighted by molar-refractivity contribution is 8.28. The van der Waals surface area contributed by atoms with Crippen LogP contribution in [0.25, 0.3) is 10.4 Å². The topological polar surface area (TPSA) is 78.2 Å². The predicted molar refractivity (Wildman–Crippen MR) is 62.1 cm³/mol. The normalized spacial score (nSPS) is 11.3. The molecule has 0 heterocycles. The van der Waals surface area contributed by atoms with Gasteiger partial charge in [0.1, 0.15) is 0 Å². The standard InChI is InChI=1S/C6H15N3O2S.H2S/c1-12(2,10)6-5-11-4-3-8-9-7;/h10H,3-6H2,1-2H3;1H2. The van der Waals surface area contributed by atoms with Crippen molar-refractivity contribution in [3.05, 3.63) is 10.4 Å². The smallest absolute Gasteiger partial charge is 0.0561 e. The van der Waals surface area contributed by atoms with Crippen molar-refractivity contribution in [1.82, 2.24) is 0 Å². The monoisotopic (exact) mass is 227 g/mol. The van der Waals surface area contributed by atoms with Crippen LogP contribution in [0.4, 0.5) is 0 Å². The molecule has 0 aromatic heterocycles. The lowest BCUT2D eigenvalue weighted by atomic mass is 10.7. The average Bonchev–Trinajstić information content (AvgIpc) is 1.94. The van der Waals surface area contributed by atoms with E-state index in [9.17, 15) is 4.55 Å². The number of rotatable bonds is 6. The van der Waals surface area contributed by atoms with Gasteiger partial charge in [-0.15, -0.1) is 10.3 Å². The highest BCUT2D eigenvalue weighted by Crippen LogP contribution is 2.32. The number of hydrogen-bond donors (Lipinski definition) is 1. The molecule has 0 saturated heterocycles. The fourth-order valence-electron chi connectivity index (χ4n) is 0.515. The van der Waals surface area contributed by atoms with E-state index in [-0.39, 0.29) is 13.5 Å². The van der Waals surface area contributed by atoms with Crippen molar-refractivity contribution in [2.75, 3.05) is 38.0 Å². The Balaban J connectivity index is 0. The van der Waals surface area contributed by atoms with Gasteiger partial charge >= 0.3 is 0 Å². The van der Waals surface area contributed by atoms with Gasteiger partial charge in [-0.25, -0.2) is 0 Å². The maximum atomic E-state index is 9.34. The van der Waals surface area contributed by atoms with Crippen molar-refractivity contribution in [1.29, 1.82) is 0 Å². The van der Waals surface area contributed by atoms with Crippen LogP contribution in [0.1, 0.15) is 0 Å². The summed E-state index contributed by atoms with van der Waals surface area (Å²) >= 11 is 0. The van der Waals surface area contributed by atoms with Crippen LogP contribution in [-0.4, -0.2) is 42.6 Å². The minimum Gasteiger partial charge on any atom is -0.380 e. The van der Waals surface area contributed by atoms with Gasteiger partial charge in [0.15, 0.2) is 0 Å². The summed E-state index contributed by atoms with van der Waals surface area (Å²) in [6.45, 7) is 1.32. The van der Waals surface area contributed by atoms with Crippen LogP contribution in [0, 0.1) is 0 Å². The Bertz CT molecular complexity index is 166. The summed E-state index contributed by atoms with van der Waals surface area (Å²) in [6, 6.07) is 0. The average molecular weight is 227 g/mol. The SMILES string of the molecule is CS(C)(O)CCOCCN=[N+]=[N-].S. The van der Waals surface area contributed by atoms with Gasteiger partial charge < -0.3 is 9.29 Å². The molecule has 0 radical (unpaired) electrons. The molecular weight excluding hydrogens is 210 g/mol. The molecule has 0 aromatic carbocycles. The summed E-state index contributed by atoms with van der Waals surface area (Å²) < 4.78 is 14.4. The lowest BCUT2D eigenvalue weighted by Crippen LogP contribution is -2.08. The van der Waals surface area contributed by atoms with Crippen LogP contribution in [0.15, 0.2) is 5.11 Å². The third-order valence-corrected chi connectivity index (χ3v) is 2.29. The zero-order valence-electron chi connectivity index (χ0n) is 7.93. The minimum absolute atomic E-state index is 0. The summed E-state index contributed by atoms with van der Waals surface area (Å²) in [6.07, 6.45) is 3.62. The molecule has 13 heavy (non-hydrogen) atoms. The molecule has 0 atom stereocenters. The van der Waals surface area contributed by atoms with Gasteiger partial charge in [0.25, 0.3) is 0 Å². The predicted octanol–water partition coefficient (Wildman–Crippen LogP) is 1.96. The first-order chi connectivity index (χ1) is 5.56. The Morgan fingerprint density at radius 3 is 2.54 bits per heavy atom. The maximum absolute atomic E-state index is 9.34. The first-order valence-electron chi connectivity index (χ1n) is 3.58. The molecule has 0 aliphatic carbocycles. The molecule has 0 bridgehead atoms. The van der Waals surface area contributed by atoms with E-state index in [4.69, 9.17) is 10.3 Å². The summed E-state index contributed by atoms with van der Waals surface area (Å²) in [4.78, 5) is 2.58. The van der Waals surface area contributed by atoms with Gasteiger partial charge in [-0.2, -0.15) is 13.5 Å². The zero-order chi connectivity index (χ0) is 9.45. The van der Waals surface area contributed by atoms with E-state index in [1.807, 2.05) is 12.5 Å². The van der Waals surface area contributed by atoms with Crippen molar-refractivity contribution >= 4 is 23.8 Å². The van der Waals surface area contributed by atoms with E-state index in [1.165, 1.54) is 0 Å². The van der Waals surface area contributed by atoms with Crippen molar-refractivity contribution < 1.29 is 9.29 Å². The number of azide groups is 1. The van der Waals surface area contributed by atoms with Crippen LogP contribution in [0.2, 0.25) is 0 Å². The molecule has 0 unspecified atom stereocenters. The Morgan fingerprint density at radius 1 is 1.46 bits per heavy atom. The number of ether oxygens (including phenoxy) is 1. The Morgan fingerprint density at radius 2 is 2.08 bits per heavy atom. The molecule has 5 nitrogen and oxygen atoms in total. The van der Waals surface area contributed by atoms with Gasteiger partial charge in [0.05, 0.1) is 13.2 Å². The summed E-state index contributed by atoms with van der Waals surface area (Å²) in [5.41, 5.74) is 7.92. The third-order valence-electron chi connectivity index (χ3n) is 1.13. The molecule has 0 aliphatic heterocycles. The van der Waals surface area contributed by atoms with E-state index in [2.05, 4.69) is 10.0 Å². The minimum atomic E-state index is -1.45. The Labute approximate surface area is 87.1 Å². The second-order valence-electron chi connectivity index (χ2n) is 2.75. The number of hydrogen-bond acceptors (Lipinski definition) is 3. The lowest BCUT2D eigenvalue weighted by molar-refractivity contribution is 0.157. The van der Waals surface area contributed by atoms with Crippen LogP contribution in [0.3, 0.4) is 0 Å². The molecule has 0 spiro atoms. The second-order valence-corrected chi connectivity index (χ2v) is 6.12. The van der Waals surface area contributed by atoms with Crippen molar-refractivity contribution in [2.24, 2.45) is 5.11 Å². The first kappa shape index (κ1) is 15.4. The van der Waals surface area contributed by atoms with Crippen molar-refractivity contribution in [3.8, 4) is 0 Å². The molecular formula is C6H17N3O2S2. The molecule has 0 amide bonds. The van der Waals surface area contributed by atoms with Gasteiger partial charge in [-0.1, -0.05) is 5.11 Å². The largest absolute Gasteiger partial charge is 0.380 e. The van der Waals surface area contributed by atoms with E-state index in [0.717, 1.165) is 0 Å². The third kappa shape index (κ3) is 14.8. The molecule has 0 aromatic rings. The van der Waals surface area contributed by atoms with Crippen LogP contribution in [0.5, 0.6) is 0 Å². The van der Waals surface area contributed by atoms with Gasteiger partial charge in [0.2, 0.25) is 0 Å². The van der Waals surface area contributed by atoms with Gasteiger partial charge in [-0.3, -0.25) is 0 Å². The molecule has 80 valence electrons. The Kier molecular flexibility index (Phi) is 10.1.